The number of rotatable bonds is 7. The average Bonchev–Trinajstić information content (AvgIpc) is 3.58. The molecule has 2 saturated heterocycles. The average molecular weight is 530 g/mol. The van der Waals surface area contributed by atoms with Gasteiger partial charge in [0.15, 0.2) is 0 Å². The molecule has 6 rings (SSSR count). The summed E-state index contributed by atoms with van der Waals surface area (Å²) in [6, 6.07) is 14.3. The summed E-state index contributed by atoms with van der Waals surface area (Å²) in [5.41, 5.74) is 1.44. The van der Waals surface area contributed by atoms with Crippen LogP contribution in [0.25, 0.3) is 0 Å². The summed E-state index contributed by atoms with van der Waals surface area (Å²) in [6.07, 6.45) is 8.34. The molecule has 39 heavy (non-hydrogen) atoms. The highest BCUT2D eigenvalue weighted by Gasteiger charge is 2.72. The predicted octanol–water partition coefficient (Wildman–Crippen LogP) is 3.74. The number of amides is 3. The summed E-state index contributed by atoms with van der Waals surface area (Å²) in [7, 11) is 1.57. The molecule has 1 spiro atoms. The number of carbonyl (C=O) groups is 3. The Morgan fingerprint density at radius 1 is 1.08 bits per heavy atom. The number of fused-ring (bicyclic) bond motifs is 1. The van der Waals surface area contributed by atoms with Crippen LogP contribution in [0.15, 0.2) is 60.7 Å². The van der Waals surface area contributed by atoms with Crippen LogP contribution < -0.4 is 15.4 Å². The molecule has 3 heterocycles. The molecule has 3 aliphatic heterocycles. The van der Waals surface area contributed by atoms with Gasteiger partial charge >= 0.3 is 0 Å². The number of carbonyl (C=O) groups excluding carboxylic acids is 3. The Balaban J connectivity index is 1.32. The first-order valence-corrected chi connectivity index (χ1v) is 13.9. The van der Waals surface area contributed by atoms with Gasteiger partial charge in [0, 0.05) is 24.3 Å². The van der Waals surface area contributed by atoms with Gasteiger partial charge < -0.3 is 25.0 Å². The zero-order valence-corrected chi connectivity index (χ0v) is 22.4. The van der Waals surface area contributed by atoms with E-state index < -0.39 is 29.6 Å². The number of likely N-dealkylation sites (tertiary alicyclic amines) is 1. The van der Waals surface area contributed by atoms with E-state index in [1.165, 1.54) is 6.42 Å². The number of benzene rings is 2. The van der Waals surface area contributed by atoms with Gasteiger partial charge in [-0.25, -0.2) is 0 Å². The van der Waals surface area contributed by atoms with Gasteiger partial charge in [0.05, 0.1) is 25.0 Å². The highest BCUT2D eigenvalue weighted by molar-refractivity contribution is 6.02. The van der Waals surface area contributed by atoms with Crippen molar-refractivity contribution in [3.63, 3.8) is 0 Å². The second-order valence-electron chi connectivity index (χ2n) is 11.2. The number of aryl methyl sites for hydroxylation is 1. The fourth-order valence-electron chi connectivity index (χ4n) is 6.78. The summed E-state index contributed by atoms with van der Waals surface area (Å²) in [6.45, 7) is 2.28. The molecule has 204 valence electrons. The van der Waals surface area contributed by atoms with Gasteiger partial charge in [-0.15, -0.1) is 0 Å². The van der Waals surface area contributed by atoms with Crippen LogP contribution in [0.3, 0.4) is 0 Å². The lowest BCUT2D eigenvalue weighted by atomic mass is 9.74. The lowest BCUT2D eigenvalue weighted by Crippen LogP contribution is -2.56. The van der Waals surface area contributed by atoms with E-state index in [4.69, 9.17) is 9.47 Å². The third-order valence-corrected chi connectivity index (χ3v) is 8.69. The standard InChI is InChI=1S/C31H35N3O5/c1-19-11-13-20(14-12-19)18-34-27(29(36)32-21-7-4-3-5-8-21)31-16-15-24(39-31)25(26(31)30(34)37)28(35)33-22-9-6-10-23(17-22)38-2/h6,9-17,21,24-27H,3-5,7-8,18H2,1-2H3,(H,32,36)(H,33,35)/t24-,25-,26-,27+,31-/m1/s1. The molecule has 3 amide bonds. The van der Waals surface area contributed by atoms with Crippen LogP contribution >= 0.6 is 0 Å². The van der Waals surface area contributed by atoms with Crippen molar-refractivity contribution in [2.45, 2.75) is 69.4 Å². The number of ether oxygens (including phenoxy) is 2. The van der Waals surface area contributed by atoms with Crippen LogP contribution in [-0.2, 0) is 25.7 Å². The Bertz CT molecular complexity index is 1300. The Labute approximate surface area is 228 Å². The molecule has 2 aromatic rings. The van der Waals surface area contributed by atoms with Crippen molar-refractivity contribution < 1.29 is 23.9 Å². The van der Waals surface area contributed by atoms with Crippen LogP contribution in [0.2, 0.25) is 0 Å². The van der Waals surface area contributed by atoms with Crippen LogP contribution in [0.5, 0.6) is 5.75 Å². The van der Waals surface area contributed by atoms with Gasteiger partial charge in [0.25, 0.3) is 0 Å². The quantitative estimate of drug-likeness (QED) is 0.533. The van der Waals surface area contributed by atoms with Crippen molar-refractivity contribution in [2.24, 2.45) is 11.8 Å². The van der Waals surface area contributed by atoms with E-state index in [0.29, 0.717) is 11.4 Å². The SMILES string of the molecule is COc1cccc(NC(=O)[C@@H]2[C@H]3C=C[C@]4(O3)[C@H](C(=O)NC3CCCCC3)N(Cc3ccc(C)cc3)C(=O)[C@@H]24)c1. The number of hydrogen-bond acceptors (Lipinski definition) is 5. The van der Waals surface area contributed by atoms with Gasteiger partial charge in [-0.3, -0.25) is 14.4 Å². The van der Waals surface area contributed by atoms with E-state index in [-0.39, 0.29) is 30.3 Å². The van der Waals surface area contributed by atoms with Crippen molar-refractivity contribution >= 4 is 23.4 Å². The topological polar surface area (TPSA) is 97.0 Å². The van der Waals surface area contributed by atoms with Gasteiger partial charge in [-0.05, 0) is 37.5 Å². The fourth-order valence-corrected chi connectivity index (χ4v) is 6.78. The summed E-state index contributed by atoms with van der Waals surface area (Å²) in [5.74, 6) is -1.65. The summed E-state index contributed by atoms with van der Waals surface area (Å²) < 4.78 is 11.7. The fraction of sp³-hybridized carbons (Fsp3) is 0.452. The maximum absolute atomic E-state index is 14.1. The van der Waals surface area contributed by atoms with Crippen molar-refractivity contribution in [3.8, 4) is 5.75 Å². The summed E-state index contributed by atoms with van der Waals surface area (Å²) in [4.78, 5) is 43.4. The maximum atomic E-state index is 14.1. The minimum absolute atomic E-state index is 0.0905. The van der Waals surface area contributed by atoms with E-state index in [1.54, 1.807) is 36.3 Å². The monoisotopic (exact) mass is 529 g/mol. The molecule has 4 aliphatic rings. The number of methoxy groups -OCH3 is 1. The molecule has 1 saturated carbocycles. The zero-order valence-electron chi connectivity index (χ0n) is 22.4. The van der Waals surface area contributed by atoms with Gasteiger partial charge in [0.1, 0.15) is 17.4 Å². The third kappa shape index (κ3) is 4.50. The van der Waals surface area contributed by atoms with Crippen molar-refractivity contribution in [1.29, 1.82) is 0 Å². The minimum atomic E-state index is -1.18. The summed E-state index contributed by atoms with van der Waals surface area (Å²) in [5, 5.41) is 6.18. The maximum Gasteiger partial charge on any atom is 0.246 e. The van der Waals surface area contributed by atoms with E-state index in [1.807, 2.05) is 43.3 Å². The number of nitrogens with zero attached hydrogens (tertiary/aromatic N) is 1. The molecular weight excluding hydrogens is 494 g/mol. The van der Waals surface area contributed by atoms with Crippen molar-refractivity contribution in [3.05, 3.63) is 71.8 Å². The Morgan fingerprint density at radius 3 is 2.59 bits per heavy atom. The highest BCUT2D eigenvalue weighted by Crippen LogP contribution is 2.55. The van der Waals surface area contributed by atoms with E-state index in [2.05, 4.69) is 10.6 Å². The molecule has 1 aliphatic carbocycles. The Kier molecular flexibility index (Phi) is 6.67. The molecule has 3 fully saturated rings. The van der Waals surface area contributed by atoms with Crippen LogP contribution in [0, 0.1) is 18.8 Å². The number of nitrogens with one attached hydrogen (secondary N) is 2. The molecular formula is C31H35N3O5. The molecule has 0 aromatic heterocycles. The van der Waals surface area contributed by atoms with Crippen molar-refractivity contribution in [1.82, 2.24) is 10.2 Å². The van der Waals surface area contributed by atoms with Gasteiger partial charge in [-0.2, -0.15) is 0 Å². The van der Waals surface area contributed by atoms with Crippen molar-refractivity contribution in [2.75, 3.05) is 12.4 Å². The van der Waals surface area contributed by atoms with E-state index in [0.717, 1.165) is 36.8 Å². The van der Waals surface area contributed by atoms with Gasteiger partial charge in [0.2, 0.25) is 17.7 Å². The Hall–Kier alpha value is -3.65. The second-order valence-corrected chi connectivity index (χ2v) is 11.2. The molecule has 2 aromatic carbocycles. The predicted molar refractivity (Wildman–Crippen MR) is 146 cm³/mol. The second kappa shape index (κ2) is 10.2. The lowest BCUT2D eigenvalue weighted by Gasteiger charge is -2.34. The van der Waals surface area contributed by atoms with E-state index in [9.17, 15) is 14.4 Å². The lowest BCUT2D eigenvalue weighted by molar-refractivity contribution is -0.142. The smallest absolute Gasteiger partial charge is 0.246 e. The molecule has 5 atom stereocenters. The van der Waals surface area contributed by atoms with Crippen LogP contribution in [-0.4, -0.2) is 53.5 Å². The number of anilines is 1. The first-order valence-electron chi connectivity index (χ1n) is 13.9. The first-order chi connectivity index (χ1) is 18.9. The first kappa shape index (κ1) is 25.6. The zero-order chi connectivity index (χ0) is 27.1. The molecule has 8 heteroatoms. The minimum Gasteiger partial charge on any atom is -0.497 e. The third-order valence-electron chi connectivity index (χ3n) is 8.69. The largest absolute Gasteiger partial charge is 0.497 e. The molecule has 0 radical (unpaired) electrons. The summed E-state index contributed by atoms with van der Waals surface area (Å²) >= 11 is 0. The normalized spacial score (nSPS) is 29.4. The number of hydrogen-bond donors (Lipinski definition) is 2. The molecule has 2 bridgehead atoms. The highest BCUT2D eigenvalue weighted by atomic mass is 16.5. The van der Waals surface area contributed by atoms with Crippen LogP contribution in [0.4, 0.5) is 5.69 Å². The molecule has 2 N–H and O–H groups in total. The molecule has 8 nitrogen and oxygen atoms in total. The van der Waals surface area contributed by atoms with Gasteiger partial charge in [-0.1, -0.05) is 67.3 Å². The molecule has 0 unspecified atom stereocenters. The van der Waals surface area contributed by atoms with Crippen LogP contribution in [0.1, 0.15) is 43.2 Å². The van der Waals surface area contributed by atoms with E-state index >= 15 is 0 Å². The Morgan fingerprint density at radius 2 is 1.85 bits per heavy atom.